The zero-order valence-electron chi connectivity index (χ0n) is 14.4. The van der Waals surface area contributed by atoms with Crippen LogP contribution in [0.5, 0.6) is 0 Å². The van der Waals surface area contributed by atoms with Gasteiger partial charge in [0.05, 0.1) is 0 Å². The Kier molecular flexibility index (Phi) is 6.02. The predicted octanol–water partition coefficient (Wildman–Crippen LogP) is 4.75. The first kappa shape index (κ1) is 18.4. The van der Waals surface area contributed by atoms with Gasteiger partial charge in [0.25, 0.3) is 11.8 Å². The zero-order chi connectivity index (χ0) is 19.1. The van der Waals surface area contributed by atoms with Crippen molar-refractivity contribution in [2.75, 3.05) is 5.32 Å². The number of anilines is 1. The van der Waals surface area contributed by atoms with E-state index in [1.165, 1.54) is 0 Å². The van der Waals surface area contributed by atoms with Crippen LogP contribution in [-0.4, -0.2) is 11.8 Å². The quantitative estimate of drug-likeness (QED) is 0.631. The van der Waals surface area contributed by atoms with Gasteiger partial charge in [-0.15, -0.1) is 0 Å². The van der Waals surface area contributed by atoms with Crippen molar-refractivity contribution in [2.24, 2.45) is 0 Å². The monoisotopic (exact) mass is 376 g/mol. The van der Waals surface area contributed by atoms with Crippen LogP contribution in [0.15, 0.2) is 90.6 Å². The molecule has 0 bridgehead atoms. The highest BCUT2D eigenvalue weighted by Gasteiger charge is 2.15. The lowest BCUT2D eigenvalue weighted by molar-refractivity contribution is -0.113. The molecular weight excluding hydrogens is 360 g/mol. The molecule has 134 valence electrons. The Balaban J connectivity index is 1.86. The maximum absolute atomic E-state index is 12.7. The fourth-order valence-electron chi connectivity index (χ4n) is 2.42. The summed E-state index contributed by atoms with van der Waals surface area (Å²) in [6.07, 6.45) is 1.63. The van der Waals surface area contributed by atoms with Gasteiger partial charge in [0.1, 0.15) is 5.70 Å². The molecule has 0 aromatic heterocycles. The van der Waals surface area contributed by atoms with Gasteiger partial charge in [0.15, 0.2) is 0 Å². The highest BCUT2D eigenvalue weighted by molar-refractivity contribution is 6.31. The molecule has 3 rings (SSSR count). The summed E-state index contributed by atoms with van der Waals surface area (Å²) in [7, 11) is 0. The molecule has 2 N–H and O–H groups in total. The third-order valence-electron chi connectivity index (χ3n) is 3.72. The number of hydrogen-bond donors (Lipinski definition) is 2. The molecule has 0 radical (unpaired) electrons. The predicted molar refractivity (Wildman–Crippen MR) is 108 cm³/mol. The fraction of sp³-hybridized carbons (Fsp3) is 0. The molecule has 5 heteroatoms. The lowest BCUT2D eigenvalue weighted by Crippen LogP contribution is -2.30. The Morgan fingerprint density at radius 2 is 1.48 bits per heavy atom. The van der Waals surface area contributed by atoms with Crippen LogP contribution in [0.4, 0.5) is 5.69 Å². The Morgan fingerprint density at radius 1 is 0.815 bits per heavy atom. The van der Waals surface area contributed by atoms with Crippen molar-refractivity contribution >= 4 is 35.2 Å². The second-order valence-corrected chi connectivity index (χ2v) is 6.19. The Bertz CT molecular complexity index is 970. The van der Waals surface area contributed by atoms with Crippen LogP contribution in [0.1, 0.15) is 15.9 Å². The van der Waals surface area contributed by atoms with Crippen molar-refractivity contribution in [3.05, 3.63) is 107 Å². The van der Waals surface area contributed by atoms with Crippen LogP contribution in [0.3, 0.4) is 0 Å². The maximum atomic E-state index is 12.7. The SMILES string of the molecule is O=C(Nc1ccccc1)C(=Cc1ccccc1)NC(=O)c1cccc(Cl)c1. The Hall–Kier alpha value is -3.37. The number of halogens is 1. The van der Waals surface area contributed by atoms with Gasteiger partial charge in [-0.3, -0.25) is 9.59 Å². The summed E-state index contributed by atoms with van der Waals surface area (Å²) in [5, 5.41) is 5.91. The van der Waals surface area contributed by atoms with E-state index in [9.17, 15) is 9.59 Å². The summed E-state index contributed by atoms with van der Waals surface area (Å²) in [4.78, 5) is 25.3. The lowest BCUT2D eigenvalue weighted by atomic mass is 10.1. The number of carbonyl (C=O) groups is 2. The number of rotatable bonds is 5. The molecule has 0 saturated carbocycles. The number of hydrogen-bond acceptors (Lipinski definition) is 2. The summed E-state index contributed by atoms with van der Waals surface area (Å²) >= 11 is 5.95. The van der Waals surface area contributed by atoms with Gasteiger partial charge in [-0.05, 0) is 42.0 Å². The van der Waals surface area contributed by atoms with Crippen molar-refractivity contribution in [1.29, 1.82) is 0 Å². The number of benzene rings is 3. The van der Waals surface area contributed by atoms with Crippen LogP contribution in [0.25, 0.3) is 6.08 Å². The third kappa shape index (κ3) is 5.30. The van der Waals surface area contributed by atoms with E-state index in [1.54, 1.807) is 42.5 Å². The summed E-state index contributed by atoms with van der Waals surface area (Å²) in [5.41, 5.74) is 1.93. The molecule has 2 amide bonds. The van der Waals surface area contributed by atoms with Crippen LogP contribution in [0.2, 0.25) is 5.02 Å². The number of amides is 2. The van der Waals surface area contributed by atoms with Gasteiger partial charge >= 0.3 is 0 Å². The van der Waals surface area contributed by atoms with Gasteiger partial charge in [0, 0.05) is 16.3 Å². The first-order valence-corrected chi connectivity index (χ1v) is 8.70. The van der Waals surface area contributed by atoms with Crippen LogP contribution >= 0.6 is 11.6 Å². The molecule has 0 saturated heterocycles. The molecule has 3 aromatic carbocycles. The summed E-state index contributed by atoms with van der Waals surface area (Å²) < 4.78 is 0. The largest absolute Gasteiger partial charge is 0.321 e. The molecule has 3 aromatic rings. The van der Waals surface area contributed by atoms with Crippen molar-refractivity contribution in [3.63, 3.8) is 0 Å². The van der Waals surface area contributed by atoms with E-state index >= 15 is 0 Å². The van der Waals surface area contributed by atoms with Crippen molar-refractivity contribution in [2.45, 2.75) is 0 Å². The molecule has 0 heterocycles. The normalized spacial score (nSPS) is 10.9. The van der Waals surface area contributed by atoms with Gasteiger partial charge in [0.2, 0.25) is 0 Å². The van der Waals surface area contributed by atoms with E-state index in [1.807, 2.05) is 48.5 Å². The molecule has 0 unspecified atom stereocenters. The van der Waals surface area contributed by atoms with Gasteiger partial charge in [-0.25, -0.2) is 0 Å². The summed E-state index contributed by atoms with van der Waals surface area (Å²) in [6.45, 7) is 0. The fourth-order valence-corrected chi connectivity index (χ4v) is 2.61. The molecular formula is C22H17ClN2O2. The van der Waals surface area contributed by atoms with Crippen LogP contribution in [-0.2, 0) is 4.79 Å². The van der Waals surface area contributed by atoms with Gasteiger partial charge in [-0.1, -0.05) is 66.2 Å². The third-order valence-corrected chi connectivity index (χ3v) is 3.96. The van der Waals surface area contributed by atoms with E-state index in [4.69, 9.17) is 11.6 Å². The molecule has 27 heavy (non-hydrogen) atoms. The summed E-state index contributed by atoms with van der Waals surface area (Å²) in [5.74, 6) is -0.830. The average molecular weight is 377 g/mol. The highest BCUT2D eigenvalue weighted by atomic mass is 35.5. The van der Waals surface area contributed by atoms with E-state index in [2.05, 4.69) is 10.6 Å². The van der Waals surface area contributed by atoms with Gasteiger partial charge in [-0.2, -0.15) is 0 Å². The van der Waals surface area contributed by atoms with E-state index < -0.39 is 11.8 Å². The van der Waals surface area contributed by atoms with Crippen LogP contribution < -0.4 is 10.6 Å². The first-order valence-electron chi connectivity index (χ1n) is 8.32. The highest BCUT2D eigenvalue weighted by Crippen LogP contribution is 2.13. The second-order valence-electron chi connectivity index (χ2n) is 5.75. The van der Waals surface area contributed by atoms with Crippen molar-refractivity contribution < 1.29 is 9.59 Å². The average Bonchev–Trinajstić information content (AvgIpc) is 2.69. The molecule has 4 nitrogen and oxygen atoms in total. The number of nitrogens with one attached hydrogen (secondary N) is 2. The molecule has 0 atom stereocenters. The van der Waals surface area contributed by atoms with Crippen LogP contribution in [0, 0.1) is 0 Å². The topological polar surface area (TPSA) is 58.2 Å². The number of carbonyl (C=O) groups excluding carboxylic acids is 2. The second kappa shape index (κ2) is 8.83. The summed E-state index contributed by atoms with van der Waals surface area (Å²) in [6, 6.07) is 24.9. The Labute approximate surface area is 162 Å². The van der Waals surface area contributed by atoms with E-state index in [-0.39, 0.29) is 5.70 Å². The van der Waals surface area contributed by atoms with Crippen molar-refractivity contribution in [1.82, 2.24) is 5.32 Å². The standard InChI is InChI=1S/C22H17ClN2O2/c23-18-11-7-10-17(15-18)21(26)25-20(14-16-8-3-1-4-9-16)22(27)24-19-12-5-2-6-13-19/h1-15H,(H,24,27)(H,25,26). The zero-order valence-corrected chi connectivity index (χ0v) is 15.1. The number of para-hydroxylation sites is 1. The lowest BCUT2D eigenvalue weighted by Gasteiger charge is -2.11. The molecule has 0 aliphatic carbocycles. The Morgan fingerprint density at radius 3 is 2.15 bits per heavy atom. The molecule has 0 aliphatic rings. The van der Waals surface area contributed by atoms with E-state index in [0.29, 0.717) is 16.3 Å². The van der Waals surface area contributed by atoms with Crippen molar-refractivity contribution in [3.8, 4) is 0 Å². The molecule has 0 aliphatic heterocycles. The maximum Gasteiger partial charge on any atom is 0.272 e. The first-order chi connectivity index (χ1) is 13.1. The minimum Gasteiger partial charge on any atom is -0.321 e. The smallest absolute Gasteiger partial charge is 0.272 e. The molecule has 0 spiro atoms. The minimum atomic E-state index is -0.416. The molecule has 0 fully saturated rings. The van der Waals surface area contributed by atoms with E-state index in [0.717, 1.165) is 5.56 Å². The van der Waals surface area contributed by atoms with Gasteiger partial charge < -0.3 is 10.6 Å². The minimum absolute atomic E-state index is 0.134.